The lowest BCUT2D eigenvalue weighted by atomic mass is 10.1. The summed E-state index contributed by atoms with van der Waals surface area (Å²) in [4.78, 5) is 26.0. The van der Waals surface area contributed by atoms with E-state index in [1.165, 1.54) is 11.8 Å². The van der Waals surface area contributed by atoms with Gasteiger partial charge in [-0.1, -0.05) is 18.2 Å². The van der Waals surface area contributed by atoms with Gasteiger partial charge in [-0.15, -0.1) is 11.3 Å². The number of benzene rings is 1. The van der Waals surface area contributed by atoms with Crippen LogP contribution in [0.1, 0.15) is 22.2 Å². The second kappa shape index (κ2) is 7.15. The molecule has 0 aliphatic heterocycles. The zero-order valence-corrected chi connectivity index (χ0v) is 13.0. The number of carbonyl (C=O) groups is 2. The quantitative estimate of drug-likeness (QED) is 0.797. The Labute approximate surface area is 128 Å². The lowest BCUT2D eigenvalue weighted by molar-refractivity contribution is -0.884. The van der Waals surface area contributed by atoms with Crippen molar-refractivity contribution in [3.8, 4) is 0 Å². The number of nitrogens with one attached hydrogen (secondary N) is 2. The fourth-order valence-corrected chi connectivity index (χ4v) is 2.96. The summed E-state index contributed by atoms with van der Waals surface area (Å²) in [6.07, 6.45) is 0. The van der Waals surface area contributed by atoms with Gasteiger partial charge >= 0.3 is 0 Å². The van der Waals surface area contributed by atoms with E-state index >= 15 is 0 Å². The first-order chi connectivity index (χ1) is 10.1. The first kappa shape index (κ1) is 15.4. The highest BCUT2D eigenvalue weighted by atomic mass is 32.1. The smallest absolute Gasteiger partial charge is 0.279 e. The fourth-order valence-electron chi connectivity index (χ4n) is 2.14. The van der Waals surface area contributed by atoms with Crippen molar-refractivity contribution < 1.29 is 14.5 Å². The van der Waals surface area contributed by atoms with Crippen molar-refractivity contribution >= 4 is 28.7 Å². The highest BCUT2D eigenvalue weighted by Gasteiger charge is 2.14. The molecule has 0 spiro atoms. The number of anilines is 1. The molecule has 1 atom stereocenters. The van der Waals surface area contributed by atoms with E-state index in [1.54, 1.807) is 29.5 Å². The molecule has 1 aromatic carbocycles. The minimum absolute atomic E-state index is 0.0508. The molecule has 0 aliphatic carbocycles. The van der Waals surface area contributed by atoms with Crippen molar-refractivity contribution in [1.29, 1.82) is 0 Å². The Balaban J connectivity index is 1.94. The SMILES string of the molecule is CC(=O)c1ccccc1NC(=O)C[NH+](C)Cc1cccs1. The number of amides is 1. The number of quaternary nitrogens is 1. The molecule has 0 saturated carbocycles. The highest BCUT2D eigenvalue weighted by molar-refractivity contribution is 7.09. The van der Waals surface area contributed by atoms with Crippen LogP contribution in [0.4, 0.5) is 5.69 Å². The molecular weight excluding hydrogens is 284 g/mol. The zero-order valence-electron chi connectivity index (χ0n) is 12.2. The zero-order chi connectivity index (χ0) is 15.2. The topological polar surface area (TPSA) is 50.6 Å². The van der Waals surface area contributed by atoms with Crippen LogP contribution in [0.5, 0.6) is 0 Å². The van der Waals surface area contributed by atoms with Crippen molar-refractivity contribution in [2.24, 2.45) is 0 Å². The maximum absolute atomic E-state index is 12.1. The number of ketones is 1. The summed E-state index contributed by atoms with van der Waals surface area (Å²) in [5, 5.41) is 4.86. The number of likely N-dealkylation sites (N-methyl/N-ethyl adjacent to an activating group) is 1. The van der Waals surface area contributed by atoms with E-state index in [4.69, 9.17) is 0 Å². The Morgan fingerprint density at radius 2 is 1.95 bits per heavy atom. The molecule has 2 rings (SSSR count). The van der Waals surface area contributed by atoms with Gasteiger partial charge in [-0.3, -0.25) is 9.59 Å². The summed E-state index contributed by atoms with van der Waals surface area (Å²) in [6, 6.07) is 11.2. The first-order valence-corrected chi connectivity index (χ1v) is 7.67. The third kappa shape index (κ3) is 4.51. The maximum Gasteiger partial charge on any atom is 0.279 e. The number of hydrogen-bond acceptors (Lipinski definition) is 3. The summed E-state index contributed by atoms with van der Waals surface area (Å²) >= 11 is 1.69. The van der Waals surface area contributed by atoms with Crippen LogP contribution < -0.4 is 10.2 Å². The third-order valence-electron chi connectivity index (χ3n) is 3.10. The third-order valence-corrected chi connectivity index (χ3v) is 3.98. The van der Waals surface area contributed by atoms with Gasteiger partial charge in [0.25, 0.3) is 5.91 Å². The molecule has 21 heavy (non-hydrogen) atoms. The monoisotopic (exact) mass is 303 g/mol. The van der Waals surface area contributed by atoms with Crippen molar-refractivity contribution in [2.75, 3.05) is 18.9 Å². The molecule has 0 fully saturated rings. The van der Waals surface area contributed by atoms with E-state index in [9.17, 15) is 9.59 Å². The van der Waals surface area contributed by atoms with Crippen molar-refractivity contribution in [3.05, 3.63) is 52.2 Å². The molecule has 0 aliphatic rings. The summed E-state index contributed by atoms with van der Waals surface area (Å²) in [5.41, 5.74) is 1.13. The van der Waals surface area contributed by atoms with Crippen LogP contribution in [0.15, 0.2) is 41.8 Å². The molecule has 0 radical (unpaired) electrons. The second-order valence-electron chi connectivity index (χ2n) is 5.04. The van der Waals surface area contributed by atoms with Crippen LogP contribution in [0, 0.1) is 0 Å². The van der Waals surface area contributed by atoms with Gasteiger partial charge in [0.1, 0.15) is 6.54 Å². The first-order valence-electron chi connectivity index (χ1n) is 6.79. The van der Waals surface area contributed by atoms with E-state index in [1.807, 2.05) is 24.6 Å². The van der Waals surface area contributed by atoms with E-state index in [2.05, 4.69) is 11.4 Å². The Bertz CT molecular complexity index is 623. The Morgan fingerprint density at radius 1 is 1.19 bits per heavy atom. The molecule has 1 amide bonds. The van der Waals surface area contributed by atoms with Gasteiger partial charge in [-0.05, 0) is 30.5 Å². The summed E-state index contributed by atoms with van der Waals surface area (Å²) < 4.78 is 0. The van der Waals surface area contributed by atoms with E-state index in [-0.39, 0.29) is 11.7 Å². The lowest BCUT2D eigenvalue weighted by Crippen LogP contribution is -3.08. The molecular formula is C16H19N2O2S+. The summed E-state index contributed by atoms with van der Waals surface area (Å²) in [7, 11) is 1.98. The second-order valence-corrected chi connectivity index (χ2v) is 6.07. The molecule has 1 unspecified atom stereocenters. The molecule has 0 bridgehead atoms. The standard InChI is InChI=1S/C16H18N2O2S/c1-12(19)14-7-3-4-8-15(14)17-16(20)11-18(2)10-13-6-5-9-21-13/h3-9H,10-11H2,1-2H3,(H,17,20)/p+1. The highest BCUT2D eigenvalue weighted by Crippen LogP contribution is 2.15. The van der Waals surface area contributed by atoms with Gasteiger partial charge in [-0.25, -0.2) is 0 Å². The van der Waals surface area contributed by atoms with E-state index in [0.717, 1.165) is 11.4 Å². The summed E-state index contributed by atoms with van der Waals surface area (Å²) in [6.45, 7) is 2.68. The fraction of sp³-hybridized carbons (Fsp3) is 0.250. The van der Waals surface area contributed by atoms with Crippen LogP contribution >= 0.6 is 11.3 Å². The molecule has 5 heteroatoms. The normalized spacial score (nSPS) is 11.9. The Morgan fingerprint density at radius 3 is 2.62 bits per heavy atom. The van der Waals surface area contributed by atoms with E-state index < -0.39 is 0 Å². The molecule has 2 aromatic rings. The number of para-hydroxylation sites is 1. The average Bonchev–Trinajstić information content (AvgIpc) is 2.91. The van der Waals surface area contributed by atoms with E-state index in [0.29, 0.717) is 17.8 Å². The Kier molecular flexibility index (Phi) is 5.25. The van der Waals surface area contributed by atoms with Crippen LogP contribution in [0.2, 0.25) is 0 Å². The number of hydrogen-bond donors (Lipinski definition) is 2. The molecule has 4 nitrogen and oxygen atoms in total. The van der Waals surface area contributed by atoms with Crippen LogP contribution in [0.25, 0.3) is 0 Å². The van der Waals surface area contributed by atoms with Gasteiger partial charge < -0.3 is 10.2 Å². The molecule has 1 aromatic heterocycles. The maximum atomic E-state index is 12.1. The number of carbonyl (C=O) groups excluding carboxylic acids is 2. The number of thiophene rings is 1. The predicted molar refractivity (Wildman–Crippen MR) is 84.9 cm³/mol. The van der Waals surface area contributed by atoms with Gasteiger partial charge in [0.2, 0.25) is 0 Å². The number of Topliss-reactive ketones (excluding diaryl/α,β-unsaturated/α-hetero) is 1. The van der Waals surface area contributed by atoms with Crippen LogP contribution in [0.3, 0.4) is 0 Å². The Hall–Kier alpha value is -1.98. The van der Waals surface area contributed by atoms with Crippen molar-refractivity contribution in [3.63, 3.8) is 0 Å². The largest absolute Gasteiger partial charge is 0.325 e. The molecule has 1 heterocycles. The number of rotatable bonds is 6. The average molecular weight is 303 g/mol. The minimum atomic E-state index is -0.0854. The van der Waals surface area contributed by atoms with Crippen molar-refractivity contribution in [1.82, 2.24) is 0 Å². The van der Waals surface area contributed by atoms with Gasteiger partial charge in [-0.2, -0.15) is 0 Å². The van der Waals surface area contributed by atoms with Crippen LogP contribution in [-0.4, -0.2) is 25.3 Å². The summed E-state index contributed by atoms with van der Waals surface area (Å²) in [5.74, 6) is -0.136. The van der Waals surface area contributed by atoms with Gasteiger partial charge in [0.05, 0.1) is 17.6 Å². The molecule has 110 valence electrons. The van der Waals surface area contributed by atoms with Gasteiger partial charge in [0.15, 0.2) is 12.3 Å². The predicted octanol–water partition coefficient (Wildman–Crippen LogP) is 1.60. The molecule has 0 saturated heterocycles. The molecule has 2 N–H and O–H groups in total. The van der Waals surface area contributed by atoms with Gasteiger partial charge in [0, 0.05) is 5.56 Å². The van der Waals surface area contributed by atoms with Crippen molar-refractivity contribution in [2.45, 2.75) is 13.5 Å². The lowest BCUT2D eigenvalue weighted by Gasteiger charge is -2.14. The van der Waals surface area contributed by atoms with Crippen LogP contribution in [-0.2, 0) is 11.3 Å². The minimum Gasteiger partial charge on any atom is -0.325 e.